The first kappa shape index (κ1) is 26.6. The summed E-state index contributed by atoms with van der Waals surface area (Å²) in [7, 11) is 1.57. The van der Waals surface area contributed by atoms with E-state index in [0.29, 0.717) is 44.3 Å². The van der Waals surface area contributed by atoms with Crippen LogP contribution in [0.1, 0.15) is 28.7 Å². The van der Waals surface area contributed by atoms with E-state index < -0.39 is 0 Å². The van der Waals surface area contributed by atoms with Gasteiger partial charge in [-0.1, -0.05) is 24.3 Å². The van der Waals surface area contributed by atoms with Crippen molar-refractivity contribution in [3.63, 3.8) is 0 Å². The zero-order valence-corrected chi connectivity index (χ0v) is 20.1. The highest BCUT2D eigenvalue weighted by Gasteiger charge is 2.10. The second kappa shape index (κ2) is 14.5. The average molecular weight is 459 g/mol. The van der Waals surface area contributed by atoms with Crippen LogP contribution in [-0.4, -0.2) is 74.1 Å². The Morgan fingerprint density at radius 3 is 2.33 bits per heavy atom. The van der Waals surface area contributed by atoms with E-state index >= 15 is 0 Å². The molecule has 7 heteroatoms. The predicted molar refractivity (Wildman–Crippen MR) is 130 cm³/mol. The topological polar surface area (TPSA) is 91.3 Å². The molecular formula is C26H38N2O5. The molecule has 0 atom stereocenters. The number of carbonyl (C=O) groups excluding carboxylic acids is 1. The van der Waals surface area contributed by atoms with Crippen molar-refractivity contribution >= 4 is 5.91 Å². The lowest BCUT2D eigenvalue weighted by Crippen LogP contribution is -2.33. The van der Waals surface area contributed by atoms with Crippen molar-refractivity contribution in [2.45, 2.75) is 33.1 Å². The zero-order valence-electron chi connectivity index (χ0n) is 20.1. The van der Waals surface area contributed by atoms with E-state index in [9.17, 15) is 4.79 Å². The van der Waals surface area contributed by atoms with Crippen LogP contribution >= 0.6 is 0 Å². The molecule has 0 spiro atoms. The van der Waals surface area contributed by atoms with E-state index in [1.54, 1.807) is 7.11 Å². The first-order chi connectivity index (χ1) is 16.0. The third-order valence-electron chi connectivity index (χ3n) is 5.63. The quantitative estimate of drug-likeness (QED) is 0.355. The van der Waals surface area contributed by atoms with Gasteiger partial charge in [0.05, 0.1) is 26.7 Å². The van der Waals surface area contributed by atoms with Crippen molar-refractivity contribution in [1.29, 1.82) is 0 Å². The second-order valence-corrected chi connectivity index (χ2v) is 8.17. The molecule has 0 aliphatic rings. The van der Waals surface area contributed by atoms with E-state index in [4.69, 9.17) is 19.7 Å². The minimum absolute atomic E-state index is 0.0190. The Balaban J connectivity index is 1.78. The molecular weight excluding hydrogens is 420 g/mol. The van der Waals surface area contributed by atoms with Crippen molar-refractivity contribution in [1.82, 2.24) is 10.2 Å². The number of nitrogens with one attached hydrogen (secondary N) is 1. The Morgan fingerprint density at radius 1 is 0.939 bits per heavy atom. The van der Waals surface area contributed by atoms with E-state index in [2.05, 4.69) is 37.4 Å². The maximum Gasteiger partial charge on any atom is 0.224 e. The Kier molecular flexibility index (Phi) is 11.7. The largest absolute Gasteiger partial charge is 0.493 e. The number of benzene rings is 2. The number of methoxy groups -OCH3 is 1. The molecule has 3 N–H and O–H groups in total. The Bertz CT molecular complexity index is 866. The van der Waals surface area contributed by atoms with Crippen LogP contribution in [-0.2, 0) is 17.6 Å². The minimum Gasteiger partial charge on any atom is -0.493 e. The van der Waals surface area contributed by atoms with Gasteiger partial charge in [-0.15, -0.1) is 0 Å². The summed E-state index contributed by atoms with van der Waals surface area (Å²) < 4.78 is 11.3. The molecule has 0 aliphatic carbocycles. The van der Waals surface area contributed by atoms with Gasteiger partial charge in [-0.3, -0.25) is 9.69 Å². The first-order valence-electron chi connectivity index (χ1n) is 11.5. The molecule has 7 nitrogen and oxygen atoms in total. The maximum atomic E-state index is 12.3. The van der Waals surface area contributed by atoms with Crippen molar-refractivity contribution in [2.24, 2.45) is 0 Å². The Morgan fingerprint density at radius 2 is 1.67 bits per heavy atom. The Labute approximate surface area is 197 Å². The van der Waals surface area contributed by atoms with Gasteiger partial charge in [0.25, 0.3) is 0 Å². The molecule has 0 bridgehead atoms. The number of hydrogen-bond donors (Lipinski definition) is 3. The van der Waals surface area contributed by atoms with Crippen LogP contribution in [0.2, 0.25) is 0 Å². The van der Waals surface area contributed by atoms with Crippen LogP contribution in [0.25, 0.3) is 0 Å². The molecule has 33 heavy (non-hydrogen) atoms. The lowest BCUT2D eigenvalue weighted by atomic mass is 10.0. The molecule has 0 unspecified atom stereocenters. The first-order valence-corrected chi connectivity index (χ1v) is 11.5. The molecule has 0 saturated carbocycles. The minimum atomic E-state index is -0.0190. The molecule has 0 radical (unpaired) electrons. The molecule has 0 saturated heterocycles. The van der Waals surface area contributed by atoms with Gasteiger partial charge in [0.2, 0.25) is 5.91 Å². The molecule has 182 valence electrons. The number of aryl methyl sites for hydroxylation is 3. The fourth-order valence-corrected chi connectivity index (χ4v) is 3.57. The molecule has 0 aliphatic heterocycles. The number of ether oxygens (including phenoxy) is 2. The highest BCUT2D eigenvalue weighted by molar-refractivity contribution is 5.78. The summed E-state index contributed by atoms with van der Waals surface area (Å²) in [6.07, 6.45) is 2.12. The van der Waals surface area contributed by atoms with Crippen LogP contribution in [0.3, 0.4) is 0 Å². The number of rotatable bonds is 15. The van der Waals surface area contributed by atoms with Gasteiger partial charge in [0.1, 0.15) is 6.61 Å². The average Bonchev–Trinajstić information content (AvgIpc) is 2.80. The summed E-state index contributed by atoms with van der Waals surface area (Å²) in [5.41, 5.74) is 4.74. The van der Waals surface area contributed by atoms with Crippen molar-refractivity contribution < 1.29 is 24.5 Å². The smallest absolute Gasteiger partial charge is 0.224 e. The number of aliphatic hydroxyl groups is 2. The van der Waals surface area contributed by atoms with Crippen LogP contribution in [0.15, 0.2) is 36.4 Å². The number of amides is 1. The van der Waals surface area contributed by atoms with Gasteiger partial charge in [0, 0.05) is 26.2 Å². The van der Waals surface area contributed by atoms with E-state index in [1.165, 1.54) is 16.7 Å². The van der Waals surface area contributed by atoms with Gasteiger partial charge < -0.3 is 25.0 Å². The molecule has 2 aromatic carbocycles. The van der Waals surface area contributed by atoms with Crippen molar-refractivity contribution in [3.05, 3.63) is 58.7 Å². The van der Waals surface area contributed by atoms with Crippen molar-refractivity contribution in [3.8, 4) is 11.5 Å². The van der Waals surface area contributed by atoms with Crippen LogP contribution in [0, 0.1) is 13.8 Å². The molecule has 2 rings (SSSR count). The maximum absolute atomic E-state index is 12.3. The van der Waals surface area contributed by atoms with Gasteiger partial charge >= 0.3 is 0 Å². The summed E-state index contributed by atoms with van der Waals surface area (Å²) in [5.74, 6) is 1.16. The highest BCUT2D eigenvalue weighted by atomic mass is 16.5. The van der Waals surface area contributed by atoms with Gasteiger partial charge in [-0.2, -0.15) is 0 Å². The normalized spacial score (nSPS) is 11.0. The van der Waals surface area contributed by atoms with E-state index in [-0.39, 0.29) is 25.5 Å². The van der Waals surface area contributed by atoms with Gasteiger partial charge in [0.15, 0.2) is 11.5 Å². The lowest BCUT2D eigenvalue weighted by Gasteiger charge is -2.20. The summed E-state index contributed by atoms with van der Waals surface area (Å²) in [6.45, 7) is 6.89. The number of aliphatic hydroxyl groups excluding tert-OH is 2. The Hall–Kier alpha value is -2.61. The molecule has 0 aromatic heterocycles. The highest BCUT2D eigenvalue weighted by Crippen LogP contribution is 2.28. The fourth-order valence-electron chi connectivity index (χ4n) is 3.57. The fraction of sp³-hybridized carbons (Fsp3) is 0.500. The van der Waals surface area contributed by atoms with Gasteiger partial charge in [-0.25, -0.2) is 0 Å². The summed E-state index contributed by atoms with van der Waals surface area (Å²) in [6, 6.07) is 12.0. The summed E-state index contributed by atoms with van der Waals surface area (Å²) in [4.78, 5) is 14.3. The zero-order chi connectivity index (χ0) is 24.1. The summed E-state index contributed by atoms with van der Waals surface area (Å²) in [5, 5.41) is 21.2. The van der Waals surface area contributed by atoms with Crippen LogP contribution in [0.5, 0.6) is 11.5 Å². The molecule has 0 fully saturated rings. The second-order valence-electron chi connectivity index (χ2n) is 8.17. The standard InChI is InChI=1S/C26H38N2O5/c1-20-6-7-22(17-21(20)2)5-4-10-27-26(31)19-23-8-9-24(25(18-23)32-3)33-16-13-28(11-14-29)12-15-30/h6-9,17-18,29-30H,4-5,10-16,19H2,1-3H3,(H,27,31). The molecule has 0 heterocycles. The number of hydrogen-bond acceptors (Lipinski definition) is 6. The van der Waals surface area contributed by atoms with E-state index in [1.807, 2.05) is 23.1 Å². The van der Waals surface area contributed by atoms with Crippen molar-refractivity contribution in [2.75, 3.05) is 53.1 Å². The van der Waals surface area contributed by atoms with Gasteiger partial charge in [-0.05, 0) is 61.1 Å². The van der Waals surface area contributed by atoms with Crippen LogP contribution in [0.4, 0.5) is 0 Å². The SMILES string of the molecule is COc1cc(CC(=O)NCCCc2ccc(C)c(C)c2)ccc1OCCN(CCO)CCO. The molecule has 2 aromatic rings. The monoisotopic (exact) mass is 458 g/mol. The van der Waals surface area contributed by atoms with Crippen LogP contribution < -0.4 is 14.8 Å². The number of nitrogens with zero attached hydrogens (tertiary/aromatic N) is 1. The summed E-state index contributed by atoms with van der Waals surface area (Å²) >= 11 is 0. The predicted octanol–water partition coefficient (Wildman–Crippen LogP) is 2.27. The third-order valence-corrected chi connectivity index (χ3v) is 5.63. The molecule has 1 amide bonds. The van der Waals surface area contributed by atoms with E-state index in [0.717, 1.165) is 18.4 Å². The third kappa shape index (κ3) is 9.42. The lowest BCUT2D eigenvalue weighted by molar-refractivity contribution is -0.120. The number of carbonyl (C=O) groups is 1.